The van der Waals surface area contributed by atoms with E-state index in [0.717, 1.165) is 90.1 Å². The number of hydrogen-bond donors (Lipinski definition) is 1. The van der Waals surface area contributed by atoms with E-state index < -0.39 is 0 Å². The van der Waals surface area contributed by atoms with Crippen molar-refractivity contribution >= 4 is 17.8 Å². The quantitative estimate of drug-likeness (QED) is 0.0490. The molecule has 7 nitrogen and oxygen atoms in total. The summed E-state index contributed by atoms with van der Waals surface area (Å²) in [6, 6.07) is 0.227. The van der Waals surface area contributed by atoms with Crippen LogP contribution in [0.2, 0.25) is 0 Å². The van der Waals surface area contributed by atoms with Gasteiger partial charge in [-0.15, -0.1) is 0 Å². The molecule has 0 bridgehead atoms. The Morgan fingerprint density at radius 3 is 1.21 bits per heavy atom. The minimum Gasteiger partial charge on any atom is -0.466 e. The third-order valence-electron chi connectivity index (χ3n) is 12.2. The Morgan fingerprint density at radius 1 is 0.464 bits per heavy atom. The van der Waals surface area contributed by atoms with Crippen LogP contribution in [0, 0.1) is 11.8 Å². The average Bonchev–Trinajstić information content (AvgIpc) is 3.69. The first kappa shape index (κ1) is 52.4. The SMILES string of the molecule is CCCCCC(CCCCC)CCOC(=O)CCCCCCCCC(CCCCCCC(=O)OCCC(CCCCC)CCCCC)NC(=O)CN1CCCC1. The second-order valence-electron chi connectivity index (χ2n) is 17.6. The second kappa shape index (κ2) is 38.9. The first-order chi connectivity index (χ1) is 27.4. The zero-order chi connectivity index (χ0) is 40.7. The molecule has 1 fully saturated rings. The van der Waals surface area contributed by atoms with Crippen LogP contribution >= 0.6 is 0 Å². The Kier molecular flexibility index (Phi) is 36.4. The van der Waals surface area contributed by atoms with Gasteiger partial charge in [-0.2, -0.15) is 0 Å². The van der Waals surface area contributed by atoms with Crippen molar-refractivity contribution in [3.63, 3.8) is 0 Å². The smallest absolute Gasteiger partial charge is 0.305 e. The number of rotatable bonds is 41. The summed E-state index contributed by atoms with van der Waals surface area (Å²) in [6.45, 7) is 12.8. The summed E-state index contributed by atoms with van der Waals surface area (Å²) in [5.41, 5.74) is 0. The maximum absolute atomic E-state index is 12.9. The van der Waals surface area contributed by atoms with E-state index in [1.807, 2.05) is 0 Å². The van der Waals surface area contributed by atoms with Crippen molar-refractivity contribution in [1.29, 1.82) is 0 Å². The summed E-state index contributed by atoms with van der Waals surface area (Å²) in [5.74, 6) is 1.52. The normalized spacial score (nSPS) is 13.8. The molecule has 0 spiro atoms. The zero-order valence-electron chi connectivity index (χ0n) is 37.8. The van der Waals surface area contributed by atoms with E-state index >= 15 is 0 Å². The van der Waals surface area contributed by atoms with E-state index in [9.17, 15) is 14.4 Å². The molecule has 0 aliphatic carbocycles. The highest BCUT2D eigenvalue weighted by molar-refractivity contribution is 5.78. The van der Waals surface area contributed by atoms with Gasteiger partial charge in [0, 0.05) is 18.9 Å². The number of nitrogens with one attached hydrogen (secondary N) is 1. The van der Waals surface area contributed by atoms with Crippen LogP contribution in [-0.4, -0.2) is 61.6 Å². The highest BCUT2D eigenvalue weighted by atomic mass is 16.5. The maximum atomic E-state index is 12.9. The van der Waals surface area contributed by atoms with Crippen LogP contribution in [0.25, 0.3) is 0 Å². The lowest BCUT2D eigenvalue weighted by atomic mass is 9.92. The molecule has 1 aliphatic heterocycles. The molecule has 1 aliphatic rings. The summed E-state index contributed by atoms with van der Waals surface area (Å²) in [5, 5.41) is 3.38. The average molecular weight is 791 g/mol. The Balaban J connectivity index is 2.26. The lowest BCUT2D eigenvalue weighted by molar-refractivity contribution is -0.145. The van der Waals surface area contributed by atoms with Crippen molar-refractivity contribution in [2.24, 2.45) is 11.8 Å². The molecule has 1 unspecified atom stereocenters. The van der Waals surface area contributed by atoms with Gasteiger partial charge in [0.05, 0.1) is 19.8 Å². The van der Waals surface area contributed by atoms with E-state index in [1.54, 1.807) is 0 Å². The van der Waals surface area contributed by atoms with E-state index in [4.69, 9.17) is 9.47 Å². The summed E-state index contributed by atoms with van der Waals surface area (Å²) < 4.78 is 11.3. The Hall–Kier alpha value is -1.63. The number of carbonyl (C=O) groups is 3. The minimum absolute atomic E-state index is 0.0204. The molecule has 1 atom stereocenters. The van der Waals surface area contributed by atoms with Crippen LogP contribution in [0.4, 0.5) is 0 Å². The van der Waals surface area contributed by atoms with Crippen molar-refractivity contribution in [3.05, 3.63) is 0 Å². The van der Waals surface area contributed by atoms with Gasteiger partial charge >= 0.3 is 11.9 Å². The predicted molar refractivity (Wildman–Crippen MR) is 237 cm³/mol. The molecule has 1 rings (SSSR count). The molecule has 1 amide bonds. The van der Waals surface area contributed by atoms with Gasteiger partial charge in [0.15, 0.2) is 0 Å². The van der Waals surface area contributed by atoms with Crippen LogP contribution < -0.4 is 5.32 Å². The number of carbonyl (C=O) groups excluding carboxylic acids is 3. The van der Waals surface area contributed by atoms with Crippen molar-refractivity contribution in [2.45, 2.75) is 252 Å². The standard InChI is InChI=1S/C49H94N2O5/c1-5-9-19-29-44(30-20-10-6-2)37-41-55-48(53)35-25-16-14-13-15-23-33-46(50-47(52)43-51-39-27-28-40-51)34-24-17-18-26-36-49(54)56-42-38-45(31-21-11-7-3)32-22-12-8-4/h44-46H,5-43H2,1-4H3,(H,50,52). The maximum Gasteiger partial charge on any atom is 0.305 e. The molecule has 56 heavy (non-hydrogen) atoms. The van der Waals surface area contributed by atoms with Gasteiger partial charge in [-0.1, -0.05) is 182 Å². The third kappa shape index (κ3) is 32.3. The van der Waals surface area contributed by atoms with Gasteiger partial charge in [-0.05, 0) is 76.3 Å². The monoisotopic (exact) mass is 791 g/mol. The fraction of sp³-hybridized carbons (Fsp3) is 0.939. The summed E-state index contributed by atoms with van der Waals surface area (Å²) >= 11 is 0. The number of likely N-dealkylation sites (tertiary alicyclic amines) is 1. The van der Waals surface area contributed by atoms with Crippen LogP contribution in [0.5, 0.6) is 0 Å². The van der Waals surface area contributed by atoms with Gasteiger partial charge in [-0.25, -0.2) is 0 Å². The lowest BCUT2D eigenvalue weighted by Gasteiger charge is -2.21. The molecular weight excluding hydrogens is 697 g/mol. The summed E-state index contributed by atoms with van der Waals surface area (Å²) in [6.07, 6.45) is 38.8. The highest BCUT2D eigenvalue weighted by Gasteiger charge is 2.18. The minimum atomic E-state index is -0.0347. The molecule has 1 saturated heterocycles. The van der Waals surface area contributed by atoms with Crippen molar-refractivity contribution in [2.75, 3.05) is 32.8 Å². The number of amides is 1. The van der Waals surface area contributed by atoms with Crippen LogP contribution in [-0.2, 0) is 23.9 Å². The molecule has 7 heteroatoms. The highest BCUT2D eigenvalue weighted by Crippen LogP contribution is 2.23. The fourth-order valence-corrected chi connectivity index (χ4v) is 8.51. The topological polar surface area (TPSA) is 84.9 Å². The van der Waals surface area contributed by atoms with E-state index in [1.165, 1.54) is 128 Å². The largest absolute Gasteiger partial charge is 0.466 e. The molecule has 1 heterocycles. The van der Waals surface area contributed by atoms with Gasteiger partial charge in [-0.3, -0.25) is 19.3 Å². The Bertz CT molecular complexity index is 887. The third-order valence-corrected chi connectivity index (χ3v) is 12.2. The molecule has 330 valence electrons. The summed E-state index contributed by atoms with van der Waals surface area (Å²) in [4.78, 5) is 40.0. The molecule has 0 radical (unpaired) electrons. The molecule has 0 saturated carbocycles. The lowest BCUT2D eigenvalue weighted by Crippen LogP contribution is -2.41. The zero-order valence-corrected chi connectivity index (χ0v) is 37.8. The van der Waals surface area contributed by atoms with Crippen molar-refractivity contribution < 1.29 is 23.9 Å². The van der Waals surface area contributed by atoms with E-state index in [0.29, 0.717) is 44.4 Å². The van der Waals surface area contributed by atoms with Gasteiger partial charge in [0.2, 0.25) is 5.91 Å². The molecule has 0 aromatic rings. The molecular formula is C49H94N2O5. The van der Waals surface area contributed by atoms with Crippen molar-refractivity contribution in [3.8, 4) is 0 Å². The Morgan fingerprint density at radius 2 is 0.821 bits per heavy atom. The van der Waals surface area contributed by atoms with Gasteiger partial charge < -0.3 is 14.8 Å². The Labute approximate surface area is 347 Å². The number of unbranched alkanes of at least 4 members (excludes halogenated alkanes) is 16. The predicted octanol–water partition coefficient (Wildman–Crippen LogP) is 13.4. The molecule has 1 N–H and O–H groups in total. The fourth-order valence-electron chi connectivity index (χ4n) is 8.51. The number of esters is 2. The van der Waals surface area contributed by atoms with Crippen molar-refractivity contribution in [1.82, 2.24) is 10.2 Å². The molecule has 0 aromatic carbocycles. The first-order valence-electron chi connectivity index (χ1n) is 24.7. The van der Waals surface area contributed by atoms with Gasteiger partial charge in [0.25, 0.3) is 0 Å². The first-order valence-corrected chi connectivity index (χ1v) is 24.7. The van der Waals surface area contributed by atoms with Crippen LogP contribution in [0.1, 0.15) is 246 Å². The number of hydrogen-bond acceptors (Lipinski definition) is 6. The van der Waals surface area contributed by atoms with Gasteiger partial charge in [0.1, 0.15) is 0 Å². The number of ether oxygens (including phenoxy) is 2. The summed E-state index contributed by atoms with van der Waals surface area (Å²) in [7, 11) is 0. The number of nitrogens with zero attached hydrogens (tertiary/aromatic N) is 1. The second-order valence-corrected chi connectivity index (χ2v) is 17.6. The van der Waals surface area contributed by atoms with Crippen LogP contribution in [0.15, 0.2) is 0 Å². The van der Waals surface area contributed by atoms with E-state index in [2.05, 4.69) is 37.9 Å². The molecule has 0 aromatic heterocycles. The van der Waals surface area contributed by atoms with Crippen LogP contribution in [0.3, 0.4) is 0 Å². The van der Waals surface area contributed by atoms with E-state index in [-0.39, 0.29) is 23.9 Å².